The molecule has 1 unspecified atom stereocenters. The fraction of sp³-hybridized carbons (Fsp3) is 0.667. The van der Waals surface area contributed by atoms with Crippen molar-refractivity contribution < 1.29 is 9.53 Å². The fourth-order valence-electron chi connectivity index (χ4n) is 1.54. The van der Waals surface area contributed by atoms with Crippen molar-refractivity contribution in [3.8, 4) is 0 Å². The van der Waals surface area contributed by atoms with Crippen LogP contribution in [0, 0.1) is 5.92 Å². The number of ether oxygens (including phenoxy) is 1. The molecule has 0 saturated carbocycles. The first-order valence-electron chi connectivity index (χ1n) is 4.74. The summed E-state index contributed by atoms with van der Waals surface area (Å²) in [5.74, 6) is 0.468. The highest BCUT2D eigenvalue weighted by Gasteiger charge is 2.17. The van der Waals surface area contributed by atoms with E-state index >= 15 is 0 Å². The van der Waals surface area contributed by atoms with Crippen LogP contribution >= 0.6 is 0 Å². The number of ketones is 1. The van der Waals surface area contributed by atoms with Crippen LogP contribution in [-0.2, 0) is 11.3 Å². The summed E-state index contributed by atoms with van der Waals surface area (Å²) in [6.07, 6.45) is 2.76. The first-order valence-corrected chi connectivity index (χ1v) is 4.74. The highest BCUT2D eigenvalue weighted by Crippen LogP contribution is 2.14. The van der Waals surface area contributed by atoms with Gasteiger partial charge in [-0.05, 0) is 6.42 Å². The molecule has 1 aliphatic heterocycles. The lowest BCUT2D eigenvalue weighted by Crippen LogP contribution is -2.11. The maximum Gasteiger partial charge on any atom is 0.181 e. The Morgan fingerprint density at radius 1 is 1.79 bits per heavy atom. The summed E-state index contributed by atoms with van der Waals surface area (Å²) in [6.45, 7) is 3.90. The average molecular weight is 195 g/mol. The first-order chi connectivity index (χ1) is 6.75. The van der Waals surface area contributed by atoms with Crippen molar-refractivity contribution in [3.63, 3.8) is 0 Å². The summed E-state index contributed by atoms with van der Waals surface area (Å²) in [7, 11) is 0. The van der Waals surface area contributed by atoms with E-state index in [2.05, 4.69) is 10.3 Å². The van der Waals surface area contributed by atoms with E-state index in [4.69, 9.17) is 4.74 Å². The normalized spacial score (nSPS) is 21.4. The van der Waals surface area contributed by atoms with Gasteiger partial charge in [0.1, 0.15) is 5.69 Å². The SMILES string of the molecule is CC(=O)c1cn(CC2CCOC2)nn1. The lowest BCUT2D eigenvalue weighted by atomic mass is 10.1. The van der Waals surface area contributed by atoms with Crippen LogP contribution in [0.1, 0.15) is 23.8 Å². The molecule has 0 N–H and O–H groups in total. The molecule has 1 aromatic rings. The summed E-state index contributed by atoms with van der Waals surface area (Å²) in [5, 5.41) is 7.67. The molecule has 1 saturated heterocycles. The number of aromatic nitrogens is 3. The molecule has 5 heteroatoms. The zero-order valence-corrected chi connectivity index (χ0v) is 8.14. The van der Waals surface area contributed by atoms with E-state index in [1.807, 2.05) is 0 Å². The maximum atomic E-state index is 11.0. The average Bonchev–Trinajstić information content (AvgIpc) is 2.75. The minimum absolute atomic E-state index is 0.0427. The van der Waals surface area contributed by atoms with Gasteiger partial charge in [0.25, 0.3) is 0 Å². The zero-order chi connectivity index (χ0) is 9.97. The van der Waals surface area contributed by atoms with Crippen LogP contribution in [0.15, 0.2) is 6.20 Å². The lowest BCUT2D eigenvalue weighted by Gasteiger charge is -2.05. The number of carbonyl (C=O) groups is 1. The van der Waals surface area contributed by atoms with Gasteiger partial charge in [-0.25, -0.2) is 0 Å². The van der Waals surface area contributed by atoms with E-state index in [-0.39, 0.29) is 5.78 Å². The van der Waals surface area contributed by atoms with Gasteiger partial charge in [0.15, 0.2) is 5.78 Å². The quantitative estimate of drug-likeness (QED) is 0.660. The minimum Gasteiger partial charge on any atom is -0.381 e. The van der Waals surface area contributed by atoms with Crippen LogP contribution in [-0.4, -0.2) is 34.0 Å². The molecular formula is C9H13N3O2. The molecule has 0 bridgehead atoms. The molecule has 1 atom stereocenters. The Hall–Kier alpha value is -1.23. The van der Waals surface area contributed by atoms with Crippen LogP contribution in [0.4, 0.5) is 0 Å². The minimum atomic E-state index is -0.0427. The topological polar surface area (TPSA) is 57.0 Å². The van der Waals surface area contributed by atoms with E-state index < -0.39 is 0 Å². The molecule has 2 heterocycles. The Labute approximate surface area is 82.1 Å². The van der Waals surface area contributed by atoms with Gasteiger partial charge in [-0.3, -0.25) is 9.48 Å². The molecule has 0 aromatic carbocycles. The lowest BCUT2D eigenvalue weighted by molar-refractivity contribution is 0.101. The third-order valence-corrected chi connectivity index (χ3v) is 2.37. The van der Waals surface area contributed by atoms with Gasteiger partial charge >= 0.3 is 0 Å². The van der Waals surface area contributed by atoms with Crippen LogP contribution in [0.25, 0.3) is 0 Å². The van der Waals surface area contributed by atoms with Gasteiger partial charge in [-0.1, -0.05) is 5.21 Å². The molecule has 1 aliphatic rings. The monoisotopic (exact) mass is 195 g/mol. The molecule has 1 fully saturated rings. The van der Waals surface area contributed by atoms with Gasteiger partial charge < -0.3 is 4.74 Å². The molecule has 0 amide bonds. The Bertz CT molecular complexity index is 329. The molecule has 2 rings (SSSR count). The Morgan fingerprint density at radius 2 is 2.64 bits per heavy atom. The van der Waals surface area contributed by atoms with E-state index in [0.29, 0.717) is 11.6 Å². The van der Waals surface area contributed by atoms with Gasteiger partial charge in [0.2, 0.25) is 0 Å². The van der Waals surface area contributed by atoms with Gasteiger partial charge in [0, 0.05) is 26.0 Å². The van der Waals surface area contributed by atoms with E-state index in [0.717, 1.165) is 26.2 Å². The number of nitrogens with zero attached hydrogens (tertiary/aromatic N) is 3. The second-order valence-electron chi connectivity index (χ2n) is 3.61. The predicted molar refractivity (Wildman–Crippen MR) is 49.0 cm³/mol. The van der Waals surface area contributed by atoms with Gasteiger partial charge in [-0.2, -0.15) is 0 Å². The molecular weight excluding hydrogens is 182 g/mol. The number of Topliss-reactive ketones (excluding diaryl/α,β-unsaturated/α-hetero) is 1. The van der Waals surface area contributed by atoms with Crippen molar-refractivity contribution in [1.29, 1.82) is 0 Å². The molecule has 76 valence electrons. The summed E-state index contributed by atoms with van der Waals surface area (Å²) in [4.78, 5) is 11.0. The molecule has 14 heavy (non-hydrogen) atoms. The largest absolute Gasteiger partial charge is 0.381 e. The summed E-state index contributed by atoms with van der Waals surface area (Å²) < 4.78 is 6.97. The Balaban J connectivity index is 1.98. The first kappa shape index (κ1) is 9.33. The molecule has 0 aliphatic carbocycles. The van der Waals surface area contributed by atoms with Crippen molar-refractivity contribution in [2.75, 3.05) is 13.2 Å². The second kappa shape index (κ2) is 3.88. The van der Waals surface area contributed by atoms with Crippen molar-refractivity contribution >= 4 is 5.78 Å². The predicted octanol–water partition coefficient (Wildman–Crippen LogP) is 0.517. The summed E-state index contributed by atoms with van der Waals surface area (Å²) in [5.41, 5.74) is 0.434. The van der Waals surface area contributed by atoms with E-state index in [1.165, 1.54) is 6.92 Å². The van der Waals surface area contributed by atoms with E-state index in [1.54, 1.807) is 10.9 Å². The summed E-state index contributed by atoms with van der Waals surface area (Å²) in [6, 6.07) is 0. The standard InChI is InChI=1S/C9H13N3O2/c1-7(13)9-5-12(11-10-9)4-8-2-3-14-6-8/h5,8H,2-4,6H2,1H3. The maximum absolute atomic E-state index is 11.0. The molecule has 0 spiro atoms. The number of carbonyl (C=O) groups excluding carboxylic acids is 1. The van der Waals surface area contributed by atoms with Crippen LogP contribution in [0.2, 0.25) is 0 Å². The Kier molecular flexibility index (Phi) is 2.58. The van der Waals surface area contributed by atoms with Crippen LogP contribution in [0.3, 0.4) is 0 Å². The van der Waals surface area contributed by atoms with Crippen LogP contribution < -0.4 is 0 Å². The van der Waals surface area contributed by atoms with E-state index in [9.17, 15) is 4.79 Å². The Morgan fingerprint density at radius 3 is 3.21 bits per heavy atom. The smallest absolute Gasteiger partial charge is 0.181 e. The molecule has 1 aromatic heterocycles. The number of hydrogen-bond acceptors (Lipinski definition) is 4. The highest BCUT2D eigenvalue weighted by molar-refractivity contribution is 5.91. The van der Waals surface area contributed by atoms with Crippen molar-refractivity contribution in [2.45, 2.75) is 19.9 Å². The second-order valence-corrected chi connectivity index (χ2v) is 3.61. The summed E-state index contributed by atoms with van der Waals surface area (Å²) >= 11 is 0. The van der Waals surface area contributed by atoms with Crippen molar-refractivity contribution in [2.24, 2.45) is 5.92 Å². The third kappa shape index (κ3) is 1.98. The third-order valence-electron chi connectivity index (χ3n) is 2.37. The van der Waals surface area contributed by atoms with Crippen LogP contribution in [0.5, 0.6) is 0 Å². The number of rotatable bonds is 3. The molecule has 5 nitrogen and oxygen atoms in total. The van der Waals surface area contributed by atoms with Gasteiger partial charge in [-0.15, -0.1) is 5.10 Å². The van der Waals surface area contributed by atoms with Crippen molar-refractivity contribution in [1.82, 2.24) is 15.0 Å². The number of hydrogen-bond donors (Lipinski definition) is 0. The molecule has 0 radical (unpaired) electrons. The van der Waals surface area contributed by atoms with Gasteiger partial charge in [0.05, 0.1) is 12.8 Å². The fourth-order valence-corrected chi connectivity index (χ4v) is 1.54. The van der Waals surface area contributed by atoms with Crippen molar-refractivity contribution in [3.05, 3.63) is 11.9 Å². The zero-order valence-electron chi connectivity index (χ0n) is 8.14. The highest BCUT2D eigenvalue weighted by atomic mass is 16.5.